The van der Waals surface area contributed by atoms with Crippen molar-refractivity contribution in [3.8, 4) is 0 Å². The first-order valence-electron chi connectivity index (χ1n) is 3.83. The van der Waals surface area contributed by atoms with Gasteiger partial charge in [0, 0.05) is 6.04 Å². The molecule has 0 aromatic heterocycles. The smallest absolute Gasteiger partial charge is 0.309 e. The monoisotopic (exact) mass is 157 g/mol. The van der Waals surface area contributed by atoms with Gasteiger partial charge in [-0.2, -0.15) is 0 Å². The van der Waals surface area contributed by atoms with E-state index in [4.69, 9.17) is 9.47 Å². The lowest BCUT2D eigenvalue weighted by Crippen LogP contribution is -2.59. The molecule has 4 heteroatoms. The summed E-state index contributed by atoms with van der Waals surface area (Å²) in [7, 11) is 0. The standard InChI is InChI=1S/C7H11NO3/c1-4-5-2-7(9)11-6(8-5)3-10-4/h4-6,8H,2-3H2,1H3. The molecule has 4 nitrogen and oxygen atoms in total. The summed E-state index contributed by atoms with van der Waals surface area (Å²) in [6.45, 7) is 2.44. The van der Waals surface area contributed by atoms with Gasteiger partial charge < -0.3 is 9.47 Å². The molecule has 2 saturated heterocycles. The average Bonchev–Trinajstić information content (AvgIpc) is 1.97. The molecule has 2 aliphatic rings. The molecule has 0 saturated carbocycles. The van der Waals surface area contributed by atoms with E-state index < -0.39 is 0 Å². The predicted molar refractivity (Wildman–Crippen MR) is 36.8 cm³/mol. The lowest BCUT2D eigenvalue weighted by Gasteiger charge is -2.38. The van der Waals surface area contributed by atoms with Crippen molar-refractivity contribution in [2.75, 3.05) is 6.61 Å². The molecule has 0 aromatic rings. The molecule has 11 heavy (non-hydrogen) atoms. The quantitative estimate of drug-likeness (QED) is 0.488. The van der Waals surface area contributed by atoms with Crippen LogP contribution in [0.3, 0.4) is 0 Å². The van der Waals surface area contributed by atoms with Gasteiger partial charge in [-0.05, 0) is 6.92 Å². The second-order valence-electron chi connectivity index (χ2n) is 2.99. The number of rotatable bonds is 0. The van der Waals surface area contributed by atoms with Crippen molar-refractivity contribution in [2.24, 2.45) is 0 Å². The zero-order valence-electron chi connectivity index (χ0n) is 6.37. The molecule has 2 fully saturated rings. The van der Waals surface area contributed by atoms with Crippen LogP contribution >= 0.6 is 0 Å². The summed E-state index contributed by atoms with van der Waals surface area (Å²) in [4.78, 5) is 10.9. The molecule has 62 valence electrons. The Kier molecular flexibility index (Phi) is 1.58. The average molecular weight is 157 g/mol. The second kappa shape index (κ2) is 2.46. The van der Waals surface area contributed by atoms with Crippen molar-refractivity contribution in [3.05, 3.63) is 0 Å². The first-order valence-corrected chi connectivity index (χ1v) is 3.83. The van der Waals surface area contributed by atoms with E-state index >= 15 is 0 Å². The first kappa shape index (κ1) is 7.06. The van der Waals surface area contributed by atoms with E-state index in [9.17, 15) is 4.79 Å². The maximum atomic E-state index is 10.9. The van der Waals surface area contributed by atoms with Crippen molar-refractivity contribution in [1.82, 2.24) is 5.32 Å². The second-order valence-corrected chi connectivity index (χ2v) is 2.99. The summed E-state index contributed by atoms with van der Waals surface area (Å²) in [5.74, 6) is -0.117. The molecule has 0 radical (unpaired) electrons. The highest BCUT2D eigenvalue weighted by molar-refractivity contribution is 5.71. The van der Waals surface area contributed by atoms with Crippen LogP contribution in [0.15, 0.2) is 0 Å². The Morgan fingerprint density at radius 1 is 1.64 bits per heavy atom. The van der Waals surface area contributed by atoms with Gasteiger partial charge in [0.05, 0.1) is 19.1 Å². The van der Waals surface area contributed by atoms with E-state index in [0.717, 1.165) is 0 Å². The molecule has 0 aromatic carbocycles. The zero-order valence-corrected chi connectivity index (χ0v) is 6.37. The Labute approximate surface area is 64.9 Å². The molecular formula is C7H11NO3. The van der Waals surface area contributed by atoms with Gasteiger partial charge in [0.25, 0.3) is 0 Å². The van der Waals surface area contributed by atoms with Gasteiger partial charge in [-0.25, -0.2) is 0 Å². The third-order valence-electron chi connectivity index (χ3n) is 2.14. The first-order chi connectivity index (χ1) is 5.25. The van der Waals surface area contributed by atoms with Crippen LogP contribution < -0.4 is 5.32 Å². The summed E-state index contributed by atoms with van der Waals surface area (Å²) >= 11 is 0. The lowest BCUT2D eigenvalue weighted by molar-refractivity contribution is -0.179. The van der Waals surface area contributed by atoms with Gasteiger partial charge >= 0.3 is 5.97 Å². The van der Waals surface area contributed by atoms with Crippen LogP contribution in [0.25, 0.3) is 0 Å². The number of fused-ring (bicyclic) bond motifs is 2. The van der Waals surface area contributed by atoms with Crippen LogP contribution in [-0.4, -0.2) is 30.9 Å². The normalized spacial score (nSPS) is 43.4. The Morgan fingerprint density at radius 3 is 3.27 bits per heavy atom. The molecule has 0 spiro atoms. The third-order valence-corrected chi connectivity index (χ3v) is 2.14. The van der Waals surface area contributed by atoms with E-state index in [1.807, 2.05) is 6.92 Å². The highest BCUT2D eigenvalue weighted by Crippen LogP contribution is 2.17. The fourth-order valence-corrected chi connectivity index (χ4v) is 1.46. The minimum atomic E-state index is -0.211. The number of hydrogen-bond donors (Lipinski definition) is 1. The number of ether oxygens (including phenoxy) is 2. The lowest BCUT2D eigenvalue weighted by atomic mass is 10.1. The highest BCUT2D eigenvalue weighted by atomic mass is 16.6. The van der Waals surface area contributed by atoms with Crippen molar-refractivity contribution in [2.45, 2.75) is 31.7 Å². The van der Waals surface area contributed by atoms with E-state index in [1.54, 1.807) is 0 Å². The van der Waals surface area contributed by atoms with Crippen molar-refractivity contribution < 1.29 is 14.3 Å². The zero-order chi connectivity index (χ0) is 7.84. The van der Waals surface area contributed by atoms with Gasteiger partial charge in [0.2, 0.25) is 0 Å². The molecule has 1 N–H and O–H groups in total. The van der Waals surface area contributed by atoms with Crippen molar-refractivity contribution >= 4 is 5.97 Å². The molecular weight excluding hydrogens is 146 g/mol. The minimum absolute atomic E-state index is 0.117. The van der Waals surface area contributed by atoms with E-state index in [0.29, 0.717) is 13.0 Å². The maximum Gasteiger partial charge on any atom is 0.309 e. The van der Waals surface area contributed by atoms with Gasteiger partial charge in [0.15, 0.2) is 6.23 Å². The summed E-state index contributed by atoms with van der Waals surface area (Å²) in [5.41, 5.74) is 0. The number of carbonyl (C=O) groups excluding carboxylic acids is 1. The SMILES string of the molecule is CC1OCC2NC1CC(=O)O2. The fraction of sp³-hybridized carbons (Fsp3) is 0.857. The molecule has 0 amide bonds. The van der Waals surface area contributed by atoms with Crippen LogP contribution in [0.2, 0.25) is 0 Å². The molecule has 3 atom stereocenters. The predicted octanol–water partition coefficient (Wildman–Crippen LogP) is -0.364. The van der Waals surface area contributed by atoms with Gasteiger partial charge in [0.1, 0.15) is 0 Å². The largest absolute Gasteiger partial charge is 0.444 e. The van der Waals surface area contributed by atoms with Crippen LogP contribution in [0.1, 0.15) is 13.3 Å². The van der Waals surface area contributed by atoms with Gasteiger partial charge in [-0.1, -0.05) is 0 Å². The van der Waals surface area contributed by atoms with E-state index in [1.165, 1.54) is 0 Å². The molecule has 2 bridgehead atoms. The Morgan fingerprint density at radius 2 is 2.45 bits per heavy atom. The van der Waals surface area contributed by atoms with Gasteiger partial charge in [-0.15, -0.1) is 0 Å². The van der Waals surface area contributed by atoms with E-state index in [2.05, 4.69) is 5.32 Å². The summed E-state index contributed by atoms with van der Waals surface area (Å²) in [5, 5.41) is 3.16. The molecule has 3 unspecified atom stereocenters. The number of nitrogens with one attached hydrogen (secondary N) is 1. The number of carbonyl (C=O) groups is 1. The molecule has 0 aliphatic carbocycles. The van der Waals surface area contributed by atoms with Crippen LogP contribution in [0.4, 0.5) is 0 Å². The fourth-order valence-electron chi connectivity index (χ4n) is 1.46. The van der Waals surface area contributed by atoms with Gasteiger partial charge in [-0.3, -0.25) is 10.1 Å². The molecule has 2 aliphatic heterocycles. The third kappa shape index (κ3) is 1.23. The summed E-state index contributed by atoms with van der Waals surface area (Å²) < 4.78 is 10.3. The number of hydrogen-bond acceptors (Lipinski definition) is 4. The van der Waals surface area contributed by atoms with Crippen LogP contribution in [-0.2, 0) is 14.3 Å². The Hall–Kier alpha value is -0.610. The Balaban J connectivity index is 2.08. The number of esters is 1. The molecule has 2 rings (SSSR count). The van der Waals surface area contributed by atoms with Crippen LogP contribution in [0.5, 0.6) is 0 Å². The Bertz CT molecular complexity index is 183. The van der Waals surface area contributed by atoms with Crippen molar-refractivity contribution in [1.29, 1.82) is 0 Å². The maximum absolute atomic E-state index is 10.9. The summed E-state index contributed by atoms with van der Waals surface area (Å²) in [6.07, 6.45) is 0.342. The molecule has 2 heterocycles. The number of morpholine rings is 1. The highest BCUT2D eigenvalue weighted by Gasteiger charge is 2.35. The van der Waals surface area contributed by atoms with E-state index in [-0.39, 0.29) is 24.3 Å². The van der Waals surface area contributed by atoms with Crippen molar-refractivity contribution in [3.63, 3.8) is 0 Å². The topological polar surface area (TPSA) is 47.6 Å². The van der Waals surface area contributed by atoms with Crippen LogP contribution in [0, 0.1) is 0 Å². The minimum Gasteiger partial charge on any atom is -0.444 e. The summed E-state index contributed by atoms with van der Waals surface area (Å²) in [6, 6.07) is 0.148.